The standard InChI is InChI=1S/C14H12ClNO/c1-10(15)9-16-14(17)13-8-4-6-11-5-2-3-7-12(11)13/h2-8H,1,9H2,(H,16,17). The molecule has 2 rings (SSSR count). The zero-order valence-electron chi connectivity index (χ0n) is 9.24. The van der Waals surface area contributed by atoms with Crippen LogP contribution in [0.15, 0.2) is 54.1 Å². The molecule has 0 fully saturated rings. The average Bonchev–Trinajstić information content (AvgIpc) is 2.35. The molecular weight excluding hydrogens is 234 g/mol. The third-order valence-electron chi connectivity index (χ3n) is 2.48. The summed E-state index contributed by atoms with van der Waals surface area (Å²) in [6, 6.07) is 13.4. The van der Waals surface area contributed by atoms with Gasteiger partial charge in [0, 0.05) is 10.6 Å². The Balaban J connectivity index is 2.35. The van der Waals surface area contributed by atoms with Gasteiger partial charge in [0.25, 0.3) is 5.91 Å². The predicted molar refractivity (Wildman–Crippen MR) is 71.3 cm³/mol. The Kier molecular flexibility index (Phi) is 3.45. The van der Waals surface area contributed by atoms with Gasteiger partial charge in [-0.15, -0.1) is 0 Å². The Bertz CT molecular complexity index is 572. The van der Waals surface area contributed by atoms with E-state index in [-0.39, 0.29) is 12.5 Å². The van der Waals surface area contributed by atoms with Gasteiger partial charge >= 0.3 is 0 Å². The Hall–Kier alpha value is -1.80. The number of hydrogen-bond donors (Lipinski definition) is 1. The Morgan fingerprint density at radius 3 is 2.65 bits per heavy atom. The third kappa shape index (κ3) is 2.66. The van der Waals surface area contributed by atoms with E-state index in [1.54, 1.807) is 6.07 Å². The number of nitrogens with one attached hydrogen (secondary N) is 1. The topological polar surface area (TPSA) is 29.1 Å². The number of hydrogen-bond acceptors (Lipinski definition) is 1. The normalized spacial score (nSPS) is 10.2. The first-order valence-electron chi connectivity index (χ1n) is 5.28. The van der Waals surface area contributed by atoms with Crippen LogP contribution in [0.25, 0.3) is 10.8 Å². The van der Waals surface area contributed by atoms with Gasteiger partial charge in [0.15, 0.2) is 0 Å². The van der Waals surface area contributed by atoms with Gasteiger partial charge in [0.1, 0.15) is 0 Å². The lowest BCUT2D eigenvalue weighted by atomic mass is 10.0. The minimum absolute atomic E-state index is 0.136. The van der Waals surface area contributed by atoms with Gasteiger partial charge < -0.3 is 5.32 Å². The summed E-state index contributed by atoms with van der Waals surface area (Å²) in [4.78, 5) is 12.0. The van der Waals surface area contributed by atoms with E-state index in [0.717, 1.165) is 10.8 Å². The molecule has 2 aromatic carbocycles. The summed E-state index contributed by atoms with van der Waals surface area (Å²) in [7, 11) is 0. The predicted octanol–water partition coefficient (Wildman–Crippen LogP) is 3.32. The SMILES string of the molecule is C=C(Cl)CNC(=O)c1cccc2ccccc12. The summed E-state index contributed by atoms with van der Waals surface area (Å²) >= 11 is 5.62. The zero-order valence-corrected chi connectivity index (χ0v) is 10.00. The molecule has 0 aliphatic rings. The number of carbonyl (C=O) groups is 1. The highest BCUT2D eigenvalue weighted by Gasteiger charge is 2.08. The molecule has 0 radical (unpaired) electrons. The summed E-state index contributed by atoms with van der Waals surface area (Å²) in [6.45, 7) is 3.82. The van der Waals surface area contributed by atoms with E-state index in [0.29, 0.717) is 10.6 Å². The fourth-order valence-electron chi connectivity index (χ4n) is 1.69. The lowest BCUT2D eigenvalue weighted by Crippen LogP contribution is -2.24. The van der Waals surface area contributed by atoms with E-state index >= 15 is 0 Å². The number of halogens is 1. The zero-order chi connectivity index (χ0) is 12.3. The van der Waals surface area contributed by atoms with Crippen LogP contribution in [-0.4, -0.2) is 12.5 Å². The number of rotatable bonds is 3. The van der Waals surface area contributed by atoms with Gasteiger partial charge in [0.05, 0.1) is 6.54 Å². The summed E-state index contributed by atoms with van der Waals surface area (Å²) in [5.74, 6) is -0.136. The molecule has 0 bridgehead atoms. The minimum atomic E-state index is -0.136. The molecule has 0 aliphatic heterocycles. The maximum absolute atomic E-state index is 12.0. The van der Waals surface area contributed by atoms with Crippen LogP contribution in [-0.2, 0) is 0 Å². The lowest BCUT2D eigenvalue weighted by Gasteiger charge is -2.07. The summed E-state index contributed by atoms with van der Waals surface area (Å²) in [5, 5.41) is 5.12. The van der Waals surface area contributed by atoms with Crippen molar-refractivity contribution in [1.29, 1.82) is 0 Å². The molecule has 3 heteroatoms. The first kappa shape index (κ1) is 11.7. The molecule has 0 unspecified atom stereocenters. The Morgan fingerprint density at radius 2 is 1.88 bits per heavy atom. The van der Waals surface area contributed by atoms with Gasteiger partial charge in [-0.05, 0) is 16.8 Å². The first-order chi connectivity index (χ1) is 8.18. The van der Waals surface area contributed by atoms with Crippen molar-refractivity contribution in [3.63, 3.8) is 0 Å². The molecule has 0 spiro atoms. The molecule has 0 saturated heterocycles. The molecule has 0 atom stereocenters. The molecule has 0 aromatic heterocycles. The highest BCUT2D eigenvalue weighted by molar-refractivity contribution is 6.29. The minimum Gasteiger partial charge on any atom is -0.347 e. The molecule has 2 nitrogen and oxygen atoms in total. The second-order valence-electron chi connectivity index (χ2n) is 3.73. The number of amides is 1. The number of fused-ring (bicyclic) bond motifs is 1. The largest absolute Gasteiger partial charge is 0.347 e. The molecule has 1 N–H and O–H groups in total. The van der Waals surface area contributed by atoms with E-state index in [9.17, 15) is 4.79 Å². The summed E-state index contributed by atoms with van der Waals surface area (Å²) in [6.07, 6.45) is 0. The van der Waals surface area contributed by atoms with Crippen LogP contribution in [0.2, 0.25) is 0 Å². The average molecular weight is 246 g/mol. The Morgan fingerprint density at radius 1 is 1.18 bits per heavy atom. The van der Waals surface area contributed by atoms with Gasteiger partial charge in [-0.3, -0.25) is 4.79 Å². The fourth-order valence-corrected chi connectivity index (χ4v) is 1.76. The fraction of sp³-hybridized carbons (Fsp3) is 0.0714. The summed E-state index contributed by atoms with van der Waals surface area (Å²) < 4.78 is 0. The molecule has 86 valence electrons. The number of benzene rings is 2. The van der Waals surface area contributed by atoms with Gasteiger partial charge in [0.2, 0.25) is 0 Å². The maximum atomic E-state index is 12.0. The van der Waals surface area contributed by atoms with E-state index < -0.39 is 0 Å². The van der Waals surface area contributed by atoms with Crippen molar-refractivity contribution in [2.24, 2.45) is 0 Å². The summed E-state index contributed by atoms with van der Waals surface area (Å²) in [5.41, 5.74) is 0.654. The Labute approximate surface area is 105 Å². The smallest absolute Gasteiger partial charge is 0.252 e. The van der Waals surface area contributed by atoms with Crippen molar-refractivity contribution < 1.29 is 4.79 Å². The van der Waals surface area contributed by atoms with Crippen LogP contribution in [0, 0.1) is 0 Å². The van der Waals surface area contributed by atoms with E-state index in [2.05, 4.69) is 11.9 Å². The van der Waals surface area contributed by atoms with Crippen LogP contribution in [0.4, 0.5) is 0 Å². The monoisotopic (exact) mass is 245 g/mol. The van der Waals surface area contributed by atoms with Crippen molar-refractivity contribution in [2.75, 3.05) is 6.54 Å². The quantitative estimate of drug-likeness (QED) is 0.883. The molecule has 0 saturated carbocycles. The van der Waals surface area contributed by atoms with Crippen LogP contribution < -0.4 is 5.32 Å². The molecule has 2 aromatic rings. The van der Waals surface area contributed by atoms with Crippen LogP contribution in [0.3, 0.4) is 0 Å². The van der Waals surface area contributed by atoms with Gasteiger partial charge in [-0.25, -0.2) is 0 Å². The number of carbonyl (C=O) groups excluding carboxylic acids is 1. The van der Waals surface area contributed by atoms with Crippen molar-refractivity contribution >= 4 is 28.3 Å². The van der Waals surface area contributed by atoms with Crippen LogP contribution in [0.1, 0.15) is 10.4 Å². The van der Waals surface area contributed by atoms with Crippen molar-refractivity contribution in [2.45, 2.75) is 0 Å². The molecule has 0 heterocycles. The van der Waals surface area contributed by atoms with Gasteiger partial charge in [-0.2, -0.15) is 0 Å². The van der Waals surface area contributed by atoms with Crippen molar-refractivity contribution in [3.8, 4) is 0 Å². The van der Waals surface area contributed by atoms with Crippen LogP contribution in [0.5, 0.6) is 0 Å². The highest BCUT2D eigenvalue weighted by atomic mass is 35.5. The van der Waals surface area contributed by atoms with E-state index in [1.165, 1.54) is 0 Å². The second kappa shape index (κ2) is 5.02. The van der Waals surface area contributed by atoms with E-state index in [1.807, 2.05) is 36.4 Å². The third-order valence-corrected chi connectivity index (χ3v) is 2.61. The molecular formula is C14H12ClNO. The van der Waals surface area contributed by atoms with E-state index in [4.69, 9.17) is 11.6 Å². The lowest BCUT2D eigenvalue weighted by molar-refractivity contribution is 0.0959. The first-order valence-corrected chi connectivity index (χ1v) is 5.65. The second-order valence-corrected chi connectivity index (χ2v) is 4.26. The molecule has 1 amide bonds. The van der Waals surface area contributed by atoms with Crippen molar-refractivity contribution in [3.05, 3.63) is 59.6 Å². The molecule has 17 heavy (non-hydrogen) atoms. The molecule has 0 aliphatic carbocycles. The van der Waals surface area contributed by atoms with Crippen LogP contribution >= 0.6 is 11.6 Å². The van der Waals surface area contributed by atoms with Gasteiger partial charge in [-0.1, -0.05) is 54.6 Å². The maximum Gasteiger partial charge on any atom is 0.252 e. The highest BCUT2D eigenvalue weighted by Crippen LogP contribution is 2.18. The van der Waals surface area contributed by atoms with Crippen molar-refractivity contribution in [1.82, 2.24) is 5.32 Å².